The molecule has 2 nitrogen and oxygen atoms in total. The molecule has 1 aromatic carbocycles. The molecule has 0 saturated heterocycles. The molecule has 1 aliphatic heterocycles. The van der Waals surface area contributed by atoms with Gasteiger partial charge in [-0.3, -0.25) is 4.79 Å². The number of allylic oxidation sites excluding steroid dienone is 1. The van der Waals surface area contributed by atoms with Crippen molar-refractivity contribution >= 4 is 23.4 Å². The molecule has 1 atom stereocenters. The van der Waals surface area contributed by atoms with Gasteiger partial charge in [0.2, 0.25) is 0 Å². The molecule has 1 N–H and O–H groups in total. The summed E-state index contributed by atoms with van der Waals surface area (Å²) in [7, 11) is 0. The van der Waals surface area contributed by atoms with Crippen molar-refractivity contribution in [3.05, 3.63) is 42.1 Å². The minimum atomic E-state index is 0.129. The van der Waals surface area contributed by atoms with Crippen molar-refractivity contribution in [1.82, 2.24) is 0 Å². The monoisotopic (exact) mass is 290 g/mol. The van der Waals surface area contributed by atoms with Gasteiger partial charge in [-0.2, -0.15) is 0 Å². The molecule has 0 aromatic heterocycles. The predicted octanol–water partition coefficient (Wildman–Crippen LogP) is 3.92. The third kappa shape index (κ3) is 4.22. The van der Waals surface area contributed by atoms with Crippen LogP contribution in [0, 0.1) is 0 Å². The average molecular weight is 290 g/mol. The minimum absolute atomic E-state index is 0.129. The molecule has 0 radical (unpaired) electrons. The van der Waals surface area contributed by atoms with E-state index in [0.717, 1.165) is 17.0 Å². The van der Waals surface area contributed by atoms with Crippen LogP contribution < -0.4 is 4.31 Å². The van der Waals surface area contributed by atoms with Gasteiger partial charge in [-0.1, -0.05) is 51.2 Å². The second kappa shape index (κ2) is 8.28. The summed E-state index contributed by atoms with van der Waals surface area (Å²) in [5.74, 6) is 1.28. The van der Waals surface area contributed by atoms with Gasteiger partial charge in [-0.05, 0) is 12.5 Å². The van der Waals surface area contributed by atoms with Crippen molar-refractivity contribution in [3.8, 4) is 0 Å². The van der Waals surface area contributed by atoms with Gasteiger partial charge in [-0.25, -0.2) is 4.31 Å². The Morgan fingerprint density at radius 3 is 2.65 bits per heavy atom. The first-order valence-corrected chi connectivity index (χ1v) is 8.63. The van der Waals surface area contributed by atoms with Crippen LogP contribution in [0.5, 0.6) is 0 Å². The summed E-state index contributed by atoms with van der Waals surface area (Å²) in [6.45, 7) is 2.25. The molecular weight excluding hydrogens is 266 g/mol. The highest BCUT2D eigenvalue weighted by atomic mass is 32.2. The summed E-state index contributed by atoms with van der Waals surface area (Å²) >= 11 is 1.88. The number of fused-ring (bicyclic) bond motifs is 1. The molecule has 1 aromatic rings. The number of para-hydroxylation sites is 1. The Morgan fingerprint density at radius 1 is 1.05 bits per heavy atom. The van der Waals surface area contributed by atoms with E-state index >= 15 is 0 Å². The normalized spacial score (nSPS) is 17.2. The van der Waals surface area contributed by atoms with Crippen molar-refractivity contribution in [2.24, 2.45) is 0 Å². The second-order valence-corrected chi connectivity index (χ2v) is 6.36. The molecule has 1 aliphatic rings. The van der Waals surface area contributed by atoms with Crippen LogP contribution in [0.25, 0.3) is 0 Å². The Hall–Kier alpha value is -1.06. The highest BCUT2D eigenvalue weighted by Crippen LogP contribution is 2.17. The zero-order chi connectivity index (χ0) is 14.2. The van der Waals surface area contributed by atoms with Gasteiger partial charge >= 0.3 is 0 Å². The van der Waals surface area contributed by atoms with Crippen LogP contribution in [0.4, 0.5) is 5.69 Å². The zero-order valence-corrected chi connectivity index (χ0v) is 13.0. The van der Waals surface area contributed by atoms with Gasteiger partial charge in [0.1, 0.15) is 6.20 Å². The van der Waals surface area contributed by atoms with Gasteiger partial charge in [-0.15, -0.1) is 0 Å². The largest absolute Gasteiger partial charge is 0.289 e. The summed E-state index contributed by atoms with van der Waals surface area (Å²) in [5.41, 5.74) is 1.96. The van der Waals surface area contributed by atoms with Gasteiger partial charge in [0.15, 0.2) is 11.5 Å². The molecule has 1 unspecified atom stereocenters. The molecule has 0 spiro atoms. The van der Waals surface area contributed by atoms with Gasteiger partial charge in [0.05, 0.1) is 17.5 Å². The average Bonchev–Trinajstić information content (AvgIpc) is 2.49. The van der Waals surface area contributed by atoms with Crippen LogP contribution in [-0.4, -0.2) is 11.5 Å². The van der Waals surface area contributed by atoms with Crippen LogP contribution >= 0.6 is 11.9 Å². The van der Waals surface area contributed by atoms with Crippen molar-refractivity contribution < 1.29 is 9.10 Å². The van der Waals surface area contributed by atoms with E-state index in [1.807, 2.05) is 36.3 Å². The van der Waals surface area contributed by atoms with E-state index in [4.69, 9.17) is 0 Å². The van der Waals surface area contributed by atoms with E-state index in [0.29, 0.717) is 0 Å². The number of quaternary nitrogens is 1. The SMILES string of the molecule is CCCCCCCCS[NH+]1C=CC(=O)c2ccccc21. The summed E-state index contributed by atoms with van der Waals surface area (Å²) in [6.07, 6.45) is 11.7. The molecular formula is C17H24NOS+. The number of carbonyl (C=O) groups is 1. The number of hydrogen-bond acceptors (Lipinski definition) is 2. The third-order valence-corrected chi connectivity index (χ3v) is 4.76. The molecule has 0 amide bonds. The fraction of sp³-hybridized carbons (Fsp3) is 0.471. The van der Waals surface area contributed by atoms with Crippen molar-refractivity contribution in [2.75, 3.05) is 5.75 Å². The topological polar surface area (TPSA) is 21.5 Å². The summed E-state index contributed by atoms with van der Waals surface area (Å²) in [6, 6.07) is 7.93. The Labute approximate surface area is 126 Å². The smallest absolute Gasteiger partial charge is 0.197 e. The molecule has 3 heteroatoms. The van der Waals surface area contributed by atoms with Crippen molar-refractivity contribution in [2.45, 2.75) is 45.4 Å². The van der Waals surface area contributed by atoms with E-state index in [1.165, 1.54) is 42.8 Å². The summed E-state index contributed by atoms with van der Waals surface area (Å²) in [4.78, 5) is 11.8. The number of rotatable bonds is 8. The first kappa shape index (κ1) is 15.3. The van der Waals surface area contributed by atoms with Gasteiger partial charge in [0, 0.05) is 17.9 Å². The lowest BCUT2D eigenvalue weighted by molar-refractivity contribution is -0.609. The highest BCUT2D eigenvalue weighted by Gasteiger charge is 2.23. The molecule has 108 valence electrons. The Bertz CT molecular complexity index is 470. The van der Waals surface area contributed by atoms with Crippen LogP contribution in [-0.2, 0) is 0 Å². The first-order chi connectivity index (χ1) is 9.83. The zero-order valence-electron chi connectivity index (χ0n) is 12.2. The maximum atomic E-state index is 11.8. The fourth-order valence-corrected chi connectivity index (χ4v) is 3.50. The van der Waals surface area contributed by atoms with E-state index in [2.05, 4.69) is 13.0 Å². The Kier molecular flexibility index (Phi) is 6.34. The van der Waals surface area contributed by atoms with Crippen molar-refractivity contribution in [1.29, 1.82) is 0 Å². The maximum absolute atomic E-state index is 11.8. The first-order valence-electron chi connectivity index (χ1n) is 7.64. The van der Waals surface area contributed by atoms with Crippen LogP contribution in [0.15, 0.2) is 36.5 Å². The van der Waals surface area contributed by atoms with Crippen LogP contribution in [0.1, 0.15) is 55.8 Å². The predicted molar refractivity (Wildman–Crippen MR) is 86.4 cm³/mol. The summed E-state index contributed by atoms with van der Waals surface area (Å²) < 4.78 is 1.24. The molecule has 2 rings (SSSR count). The number of benzene rings is 1. The van der Waals surface area contributed by atoms with E-state index in [1.54, 1.807) is 6.08 Å². The molecule has 0 aliphatic carbocycles. The third-order valence-electron chi connectivity index (χ3n) is 3.60. The molecule has 1 heterocycles. The fourth-order valence-electron chi connectivity index (χ4n) is 2.43. The van der Waals surface area contributed by atoms with E-state index in [9.17, 15) is 4.79 Å². The summed E-state index contributed by atoms with van der Waals surface area (Å²) in [5, 5.41) is 0. The number of ketones is 1. The molecule has 0 saturated carbocycles. The van der Waals surface area contributed by atoms with E-state index in [-0.39, 0.29) is 5.78 Å². The second-order valence-electron chi connectivity index (χ2n) is 5.22. The lowest BCUT2D eigenvalue weighted by Gasteiger charge is -2.17. The van der Waals surface area contributed by atoms with Gasteiger partial charge < -0.3 is 0 Å². The quantitative estimate of drug-likeness (QED) is 0.579. The Balaban J connectivity index is 1.76. The number of carbonyl (C=O) groups excluding carboxylic acids is 1. The Morgan fingerprint density at radius 2 is 1.80 bits per heavy atom. The number of hydrogen-bond donors (Lipinski definition) is 1. The highest BCUT2D eigenvalue weighted by molar-refractivity contribution is 7.93. The van der Waals surface area contributed by atoms with E-state index < -0.39 is 0 Å². The molecule has 0 bridgehead atoms. The number of unbranched alkanes of at least 4 members (excludes halogenated alkanes) is 5. The number of nitrogens with one attached hydrogen (secondary N) is 1. The lowest BCUT2D eigenvalue weighted by Crippen LogP contribution is -2.96. The molecule has 0 fully saturated rings. The maximum Gasteiger partial charge on any atom is 0.197 e. The van der Waals surface area contributed by atoms with Crippen LogP contribution in [0.2, 0.25) is 0 Å². The molecule has 20 heavy (non-hydrogen) atoms. The standard InChI is InChI=1S/C17H23NOS/c1-2-3-4-5-6-9-14-20-18-13-12-17(19)15-10-7-8-11-16(15)18/h7-8,10-13H,2-6,9,14H2,1H3/p+1. The van der Waals surface area contributed by atoms with Crippen molar-refractivity contribution in [3.63, 3.8) is 0 Å². The van der Waals surface area contributed by atoms with Crippen LogP contribution in [0.3, 0.4) is 0 Å². The lowest BCUT2D eigenvalue weighted by atomic mass is 10.1. The minimum Gasteiger partial charge on any atom is -0.289 e. The van der Waals surface area contributed by atoms with Gasteiger partial charge in [0.25, 0.3) is 0 Å².